The standard InChI is InChI=1S/C15H23N5O8/c16-10(21)4-8(19-14(27)7-2-1-3-17-7)15(28)20-9(5-11(22)23)13(26)18-6-12(24)25/h7-9,17H,1-6H2,(H2,16,21)(H,18,26)(H,19,27)(H,20,28)(H,22,23)(H,24,25). The van der Waals surface area contributed by atoms with Crippen molar-refractivity contribution in [1.29, 1.82) is 0 Å². The summed E-state index contributed by atoms with van der Waals surface area (Å²) in [4.78, 5) is 69.2. The van der Waals surface area contributed by atoms with E-state index in [1.54, 1.807) is 0 Å². The average Bonchev–Trinajstić information content (AvgIpc) is 3.12. The Morgan fingerprint density at radius 2 is 1.61 bits per heavy atom. The van der Waals surface area contributed by atoms with E-state index in [9.17, 15) is 28.8 Å². The van der Waals surface area contributed by atoms with Gasteiger partial charge in [0.1, 0.15) is 18.6 Å². The number of nitrogens with one attached hydrogen (secondary N) is 4. The fourth-order valence-corrected chi connectivity index (χ4v) is 2.53. The van der Waals surface area contributed by atoms with E-state index >= 15 is 0 Å². The van der Waals surface area contributed by atoms with Gasteiger partial charge < -0.3 is 37.2 Å². The number of rotatable bonds is 11. The number of nitrogens with two attached hydrogens (primary N) is 1. The Labute approximate surface area is 159 Å². The number of carbonyl (C=O) groups is 6. The van der Waals surface area contributed by atoms with Crippen LogP contribution >= 0.6 is 0 Å². The highest BCUT2D eigenvalue weighted by atomic mass is 16.4. The molecule has 1 aliphatic heterocycles. The summed E-state index contributed by atoms with van der Waals surface area (Å²) in [5.41, 5.74) is 5.09. The predicted octanol–water partition coefficient (Wildman–Crippen LogP) is -3.74. The largest absolute Gasteiger partial charge is 0.481 e. The van der Waals surface area contributed by atoms with Crippen molar-refractivity contribution < 1.29 is 39.0 Å². The number of carboxylic acid groups (broad SMARTS) is 2. The molecule has 0 aliphatic carbocycles. The van der Waals surface area contributed by atoms with Gasteiger partial charge in [0.05, 0.1) is 18.9 Å². The lowest BCUT2D eigenvalue weighted by Crippen LogP contribution is -2.57. The Bertz CT molecular complexity index is 646. The molecule has 4 amide bonds. The average molecular weight is 401 g/mol. The lowest BCUT2D eigenvalue weighted by molar-refractivity contribution is -0.142. The molecule has 3 unspecified atom stereocenters. The van der Waals surface area contributed by atoms with Gasteiger partial charge in [-0.15, -0.1) is 0 Å². The van der Waals surface area contributed by atoms with Crippen LogP contribution in [-0.2, 0) is 28.8 Å². The first-order valence-electron chi connectivity index (χ1n) is 8.44. The van der Waals surface area contributed by atoms with Crippen LogP contribution in [0, 0.1) is 0 Å². The van der Waals surface area contributed by atoms with Gasteiger partial charge in [0, 0.05) is 0 Å². The Morgan fingerprint density at radius 3 is 2.11 bits per heavy atom. The van der Waals surface area contributed by atoms with Gasteiger partial charge >= 0.3 is 11.9 Å². The molecule has 0 saturated carbocycles. The first-order chi connectivity index (χ1) is 13.1. The highest BCUT2D eigenvalue weighted by Crippen LogP contribution is 2.06. The van der Waals surface area contributed by atoms with Crippen molar-refractivity contribution in [3.8, 4) is 0 Å². The first-order valence-corrected chi connectivity index (χ1v) is 8.44. The number of carbonyl (C=O) groups excluding carboxylic acids is 4. The topological polar surface area (TPSA) is 217 Å². The maximum Gasteiger partial charge on any atom is 0.322 e. The van der Waals surface area contributed by atoms with Gasteiger partial charge in [0.2, 0.25) is 23.6 Å². The zero-order valence-electron chi connectivity index (χ0n) is 14.9. The van der Waals surface area contributed by atoms with E-state index in [2.05, 4.69) is 16.0 Å². The number of hydrogen-bond donors (Lipinski definition) is 7. The SMILES string of the molecule is NC(=O)CC(NC(=O)C1CCCN1)C(=O)NC(CC(=O)O)C(=O)NCC(=O)O. The number of amides is 4. The maximum absolute atomic E-state index is 12.4. The monoisotopic (exact) mass is 401 g/mol. The van der Waals surface area contributed by atoms with Gasteiger partial charge in [-0.2, -0.15) is 0 Å². The normalized spacial score (nSPS) is 17.8. The second-order valence-corrected chi connectivity index (χ2v) is 6.15. The van der Waals surface area contributed by atoms with Crippen LogP contribution in [0.25, 0.3) is 0 Å². The van der Waals surface area contributed by atoms with Crippen molar-refractivity contribution in [3.05, 3.63) is 0 Å². The molecule has 1 aliphatic rings. The third kappa shape index (κ3) is 7.99. The van der Waals surface area contributed by atoms with Crippen LogP contribution in [-0.4, -0.2) is 77.0 Å². The molecule has 156 valence electrons. The molecule has 0 aromatic rings. The number of aliphatic carboxylic acids is 2. The third-order valence-electron chi connectivity index (χ3n) is 3.84. The molecule has 3 atom stereocenters. The predicted molar refractivity (Wildman–Crippen MR) is 91.6 cm³/mol. The van der Waals surface area contributed by atoms with Gasteiger partial charge in [-0.1, -0.05) is 0 Å². The minimum atomic E-state index is -1.61. The summed E-state index contributed by atoms with van der Waals surface area (Å²) >= 11 is 0. The Hall–Kier alpha value is -3.22. The summed E-state index contributed by atoms with van der Waals surface area (Å²) in [6.45, 7) is -0.158. The molecule has 28 heavy (non-hydrogen) atoms. The zero-order valence-corrected chi connectivity index (χ0v) is 14.9. The lowest BCUT2D eigenvalue weighted by Gasteiger charge is -2.22. The van der Waals surface area contributed by atoms with Crippen LogP contribution < -0.4 is 27.0 Å². The molecule has 1 rings (SSSR count). The summed E-state index contributed by atoms with van der Waals surface area (Å²) in [7, 11) is 0. The van der Waals surface area contributed by atoms with Crippen molar-refractivity contribution >= 4 is 35.6 Å². The van der Waals surface area contributed by atoms with E-state index in [-0.39, 0.29) is 0 Å². The maximum atomic E-state index is 12.4. The molecule has 0 aromatic carbocycles. The second kappa shape index (κ2) is 10.8. The van der Waals surface area contributed by atoms with Gasteiger partial charge in [-0.05, 0) is 19.4 Å². The minimum absolute atomic E-state index is 0.538. The molecule has 0 radical (unpaired) electrons. The second-order valence-electron chi connectivity index (χ2n) is 6.15. The molecule has 13 nitrogen and oxygen atoms in total. The molecule has 13 heteroatoms. The molecule has 1 saturated heterocycles. The number of hydrogen-bond acceptors (Lipinski definition) is 7. The van der Waals surface area contributed by atoms with Crippen molar-refractivity contribution in [2.24, 2.45) is 5.73 Å². The van der Waals surface area contributed by atoms with Crippen molar-refractivity contribution in [2.75, 3.05) is 13.1 Å². The number of carboxylic acids is 2. The van der Waals surface area contributed by atoms with Gasteiger partial charge in [0.25, 0.3) is 0 Å². The molecule has 0 bridgehead atoms. The fraction of sp³-hybridized carbons (Fsp3) is 0.600. The highest BCUT2D eigenvalue weighted by Gasteiger charge is 2.31. The summed E-state index contributed by atoms with van der Waals surface area (Å²) in [5.74, 6) is -6.27. The van der Waals surface area contributed by atoms with E-state index in [0.29, 0.717) is 13.0 Å². The van der Waals surface area contributed by atoms with Gasteiger partial charge in [-0.25, -0.2) is 0 Å². The smallest absolute Gasteiger partial charge is 0.322 e. The Kier molecular flexibility index (Phi) is 8.81. The van der Waals surface area contributed by atoms with E-state index in [1.807, 2.05) is 5.32 Å². The third-order valence-corrected chi connectivity index (χ3v) is 3.84. The molecule has 1 fully saturated rings. The summed E-state index contributed by atoms with van der Waals surface area (Å²) in [6.07, 6.45) is -0.107. The van der Waals surface area contributed by atoms with E-state index in [0.717, 1.165) is 6.42 Å². The van der Waals surface area contributed by atoms with Crippen LogP contribution in [0.4, 0.5) is 0 Å². The van der Waals surface area contributed by atoms with Crippen LogP contribution in [0.1, 0.15) is 25.7 Å². The van der Waals surface area contributed by atoms with Crippen LogP contribution in [0.2, 0.25) is 0 Å². The zero-order chi connectivity index (χ0) is 21.3. The molecule has 8 N–H and O–H groups in total. The molecule has 0 aromatic heterocycles. The number of primary amides is 1. The lowest BCUT2D eigenvalue weighted by atomic mass is 10.1. The van der Waals surface area contributed by atoms with Gasteiger partial charge in [-0.3, -0.25) is 28.8 Å². The molecular formula is C15H23N5O8. The van der Waals surface area contributed by atoms with Crippen molar-refractivity contribution in [1.82, 2.24) is 21.3 Å². The highest BCUT2D eigenvalue weighted by molar-refractivity contribution is 5.97. The van der Waals surface area contributed by atoms with E-state index in [1.165, 1.54) is 0 Å². The molecule has 0 spiro atoms. The van der Waals surface area contributed by atoms with Gasteiger partial charge in [0.15, 0.2) is 0 Å². The summed E-state index contributed by atoms with van der Waals surface area (Å²) in [6, 6.07) is -3.57. The molecule has 1 heterocycles. The quantitative estimate of drug-likeness (QED) is 0.181. The first kappa shape index (κ1) is 22.8. The Balaban J connectivity index is 2.82. The van der Waals surface area contributed by atoms with Crippen molar-refractivity contribution in [3.63, 3.8) is 0 Å². The van der Waals surface area contributed by atoms with Crippen LogP contribution in [0.15, 0.2) is 0 Å². The van der Waals surface area contributed by atoms with E-state index < -0.39 is 73.1 Å². The van der Waals surface area contributed by atoms with Crippen molar-refractivity contribution in [2.45, 2.75) is 43.8 Å². The van der Waals surface area contributed by atoms with Crippen LogP contribution in [0.3, 0.4) is 0 Å². The van der Waals surface area contributed by atoms with Crippen LogP contribution in [0.5, 0.6) is 0 Å². The fourth-order valence-electron chi connectivity index (χ4n) is 2.53. The van der Waals surface area contributed by atoms with E-state index in [4.69, 9.17) is 15.9 Å². The Morgan fingerprint density at radius 1 is 0.964 bits per heavy atom. The minimum Gasteiger partial charge on any atom is -0.481 e. The summed E-state index contributed by atoms with van der Waals surface area (Å²) in [5, 5.41) is 26.8. The summed E-state index contributed by atoms with van der Waals surface area (Å²) < 4.78 is 0. The molecular weight excluding hydrogens is 378 g/mol.